The highest BCUT2D eigenvalue weighted by atomic mass is 32.2. The van der Waals surface area contributed by atoms with Crippen molar-refractivity contribution in [1.82, 2.24) is 14.8 Å². The van der Waals surface area contributed by atoms with Gasteiger partial charge in [-0.15, -0.1) is 28.5 Å². The smallest absolute Gasteiger partial charge is 0.234 e. The van der Waals surface area contributed by atoms with Crippen LogP contribution in [0.4, 0.5) is 5.69 Å². The molecule has 0 saturated heterocycles. The Morgan fingerprint density at radius 3 is 2.66 bits per heavy atom. The van der Waals surface area contributed by atoms with Crippen molar-refractivity contribution in [3.8, 4) is 11.4 Å². The van der Waals surface area contributed by atoms with Crippen LogP contribution in [0.25, 0.3) is 5.69 Å². The van der Waals surface area contributed by atoms with Crippen molar-refractivity contribution in [2.45, 2.75) is 17.0 Å². The molecule has 0 spiro atoms. The number of rotatable bonds is 9. The average molecular weight is 427 g/mol. The molecule has 29 heavy (non-hydrogen) atoms. The van der Waals surface area contributed by atoms with E-state index in [1.54, 1.807) is 18.9 Å². The Kier molecular flexibility index (Phi) is 7.37. The fourth-order valence-corrected chi connectivity index (χ4v) is 4.17. The van der Waals surface area contributed by atoms with Crippen LogP contribution in [0.3, 0.4) is 0 Å². The summed E-state index contributed by atoms with van der Waals surface area (Å²) in [6.07, 6.45) is 1.84. The highest BCUT2D eigenvalue weighted by Gasteiger charge is 2.14. The molecule has 3 aromatic rings. The molecule has 0 unspecified atom stereocenters. The lowest BCUT2D eigenvalue weighted by Crippen LogP contribution is -2.15. The van der Waals surface area contributed by atoms with E-state index in [4.69, 9.17) is 4.74 Å². The highest BCUT2D eigenvalue weighted by molar-refractivity contribution is 8.00. The molecule has 1 aromatic heterocycles. The Balaban J connectivity index is 1.68. The third kappa shape index (κ3) is 5.42. The number of para-hydroxylation sites is 1. The fourth-order valence-electron chi connectivity index (χ4n) is 2.63. The fraction of sp³-hybridized carbons (Fsp3) is 0.190. The second kappa shape index (κ2) is 10.2. The number of nitrogens with one attached hydrogen (secondary N) is 1. The number of carbonyl (C=O) groups excluding carboxylic acids is 1. The first-order valence-electron chi connectivity index (χ1n) is 8.94. The molecule has 0 fully saturated rings. The number of amides is 1. The molecule has 1 heterocycles. The Morgan fingerprint density at radius 2 is 1.93 bits per heavy atom. The number of thioether (sulfide) groups is 2. The molecular formula is C21H22N4O2S2. The summed E-state index contributed by atoms with van der Waals surface area (Å²) in [4.78, 5) is 13.5. The van der Waals surface area contributed by atoms with Gasteiger partial charge in [-0.1, -0.05) is 30.0 Å². The van der Waals surface area contributed by atoms with Gasteiger partial charge in [0.1, 0.15) is 11.6 Å². The number of ether oxygens (including phenoxy) is 1. The molecule has 1 N–H and O–H groups in total. The highest BCUT2D eigenvalue weighted by Crippen LogP contribution is 2.28. The van der Waals surface area contributed by atoms with Gasteiger partial charge in [-0.05, 0) is 43.3 Å². The van der Waals surface area contributed by atoms with Gasteiger partial charge in [0.05, 0.1) is 18.6 Å². The van der Waals surface area contributed by atoms with Crippen LogP contribution in [0.2, 0.25) is 0 Å². The van der Waals surface area contributed by atoms with Gasteiger partial charge in [0, 0.05) is 16.3 Å². The molecule has 0 bridgehead atoms. The Bertz CT molecular complexity index is 987. The Labute approximate surface area is 178 Å². The van der Waals surface area contributed by atoms with Crippen LogP contribution in [0.15, 0.2) is 71.2 Å². The molecule has 0 saturated carbocycles. The minimum Gasteiger partial charge on any atom is -0.497 e. The predicted octanol–water partition coefficient (Wildman–Crippen LogP) is 4.59. The molecule has 8 heteroatoms. The average Bonchev–Trinajstić information content (AvgIpc) is 3.12. The van der Waals surface area contributed by atoms with E-state index in [1.165, 1.54) is 11.8 Å². The van der Waals surface area contributed by atoms with Crippen molar-refractivity contribution >= 4 is 35.1 Å². The van der Waals surface area contributed by atoms with Gasteiger partial charge in [-0.3, -0.25) is 9.36 Å². The van der Waals surface area contributed by atoms with Crippen molar-refractivity contribution < 1.29 is 9.53 Å². The molecule has 6 nitrogen and oxygen atoms in total. The zero-order valence-electron chi connectivity index (χ0n) is 16.3. The molecule has 3 rings (SSSR count). The number of hydrogen-bond acceptors (Lipinski definition) is 6. The van der Waals surface area contributed by atoms with Crippen molar-refractivity contribution in [1.29, 1.82) is 0 Å². The van der Waals surface area contributed by atoms with E-state index < -0.39 is 0 Å². The van der Waals surface area contributed by atoms with E-state index >= 15 is 0 Å². The topological polar surface area (TPSA) is 69.0 Å². The molecular weight excluding hydrogens is 404 g/mol. The molecule has 0 aliphatic carbocycles. The maximum atomic E-state index is 12.5. The third-order valence-corrected chi connectivity index (χ3v) is 5.97. The van der Waals surface area contributed by atoms with Crippen LogP contribution >= 0.6 is 23.5 Å². The van der Waals surface area contributed by atoms with E-state index in [0.717, 1.165) is 33.6 Å². The summed E-state index contributed by atoms with van der Waals surface area (Å²) in [5.74, 6) is 2.45. The van der Waals surface area contributed by atoms with Crippen LogP contribution in [0.1, 0.15) is 5.82 Å². The molecule has 0 radical (unpaired) electrons. The van der Waals surface area contributed by atoms with Crippen molar-refractivity contribution in [2.75, 3.05) is 23.9 Å². The normalized spacial score (nSPS) is 10.6. The van der Waals surface area contributed by atoms with E-state index in [2.05, 4.69) is 22.1 Å². The first-order valence-corrected chi connectivity index (χ1v) is 10.9. The standard InChI is InChI=1S/C21H22N4O2S2/c1-4-13-28-19-8-6-5-7-18(19)22-20(26)14-29-21-24-23-15(2)25(21)16-9-11-17(27-3)12-10-16/h4-12H,1,13-14H2,2-3H3,(H,22,26). The van der Waals surface area contributed by atoms with Gasteiger partial charge in [0.2, 0.25) is 5.91 Å². The summed E-state index contributed by atoms with van der Waals surface area (Å²) in [5, 5.41) is 12.0. The number of carbonyl (C=O) groups is 1. The van der Waals surface area contributed by atoms with E-state index in [1.807, 2.05) is 66.1 Å². The Hall–Kier alpha value is -2.71. The number of aromatic nitrogens is 3. The summed E-state index contributed by atoms with van der Waals surface area (Å²) >= 11 is 2.98. The van der Waals surface area contributed by atoms with E-state index in [0.29, 0.717) is 5.16 Å². The summed E-state index contributed by atoms with van der Waals surface area (Å²) in [6.45, 7) is 5.62. The zero-order valence-corrected chi connectivity index (χ0v) is 17.9. The number of nitrogens with zero attached hydrogens (tertiary/aromatic N) is 3. The number of hydrogen-bond donors (Lipinski definition) is 1. The van der Waals surface area contributed by atoms with Crippen LogP contribution in [-0.4, -0.2) is 39.3 Å². The second-order valence-electron chi connectivity index (χ2n) is 6.00. The van der Waals surface area contributed by atoms with Crippen molar-refractivity contribution in [3.63, 3.8) is 0 Å². The lowest BCUT2D eigenvalue weighted by atomic mass is 10.3. The number of aryl methyl sites for hydroxylation is 1. The van der Waals surface area contributed by atoms with Crippen LogP contribution in [0, 0.1) is 6.92 Å². The largest absolute Gasteiger partial charge is 0.497 e. The van der Waals surface area contributed by atoms with Gasteiger partial charge < -0.3 is 10.1 Å². The van der Waals surface area contributed by atoms with Crippen molar-refractivity contribution in [2.24, 2.45) is 0 Å². The first-order chi connectivity index (χ1) is 14.1. The summed E-state index contributed by atoms with van der Waals surface area (Å²) in [7, 11) is 1.63. The van der Waals surface area contributed by atoms with E-state index in [-0.39, 0.29) is 11.7 Å². The molecule has 1 amide bonds. The van der Waals surface area contributed by atoms with Gasteiger partial charge >= 0.3 is 0 Å². The summed E-state index contributed by atoms with van der Waals surface area (Å²) in [6, 6.07) is 15.4. The third-order valence-electron chi connectivity index (χ3n) is 3.98. The molecule has 150 valence electrons. The first kappa shape index (κ1) is 21.0. The molecule has 0 aliphatic rings. The van der Waals surface area contributed by atoms with Crippen LogP contribution < -0.4 is 10.1 Å². The molecule has 0 aliphatic heterocycles. The van der Waals surface area contributed by atoms with E-state index in [9.17, 15) is 4.79 Å². The zero-order chi connectivity index (χ0) is 20.6. The Morgan fingerprint density at radius 1 is 1.17 bits per heavy atom. The maximum Gasteiger partial charge on any atom is 0.234 e. The monoisotopic (exact) mass is 426 g/mol. The molecule has 2 aromatic carbocycles. The predicted molar refractivity (Wildman–Crippen MR) is 119 cm³/mol. The van der Waals surface area contributed by atoms with Gasteiger partial charge in [0.15, 0.2) is 5.16 Å². The van der Waals surface area contributed by atoms with Crippen LogP contribution in [-0.2, 0) is 4.79 Å². The summed E-state index contributed by atoms with van der Waals surface area (Å²) < 4.78 is 7.13. The van der Waals surface area contributed by atoms with Crippen LogP contribution in [0.5, 0.6) is 5.75 Å². The van der Waals surface area contributed by atoms with Gasteiger partial charge in [-0.25, -0.2) is 0 Å². The maximum absolute atomic E-state index is 12.5. The SMILES string of the molecule is C=CCSc1ccccc1NC(=O)CSc1nnc(C)n1-c1ccc(OC)cc1. The second-order valence-corrected chi connectivity index (χ2v) is 8.00. The minimum absolute atomic E-state index is 0.0939. The lowest BCUT2D eigenvalue weighted by Gasteiger charge is -2.11. The van der Waals surface area contributed by atoms with Gasteiger partial charge in [-0.2, -0.15) is 0 Å². The number of methoxy groups -OCH3 is 1. The molecule has 0 atom stereocenters. The number of benzene rings is 2. The van der Waals surface area contributed by atoms with Gasteiger partial charge in [0.25, 0.3) is 0 Å². The minimum atomic E-state index is -0.0939. The quantitative estimate of drug-likeness (QED) is 0.399. The van der Waals surface area contributed by atoms with Crippen molar-refractivity contribution in [3.05, 3.63) is 67.0 Å². The number of anilines is 1. The lowest BCUT2D eigenvalue weighted by molar-refractivity contribution is -0.113. The summed E-state index contributed by atoms with van der Waals surface area (Å²) in [5.41, 5.74) is 1.72.